The quantitative estimate of drug-likeness (QED) is 0.385. The maximum Gasteiger partial charge on any atom is 0.258 e. The number of rotatable bonds is 9. The number of hydrogen-bond donors (Lipinski definition) is 2. The van der Waals surface area contributed by atoms with Gasteiger partial charge in [-0.25, -0.2) is 8.42 Å². The predicted molar refractivity (Wildman–Crippen MR) is 149 cm³/mol. The van der Waals surface area contributed by atoms with Crippen LogP contribution in [0, 0.1) is 0 Å². The molecule has 0 fully saturated rings. The second-order valence-corrected chi connectivity index (χ2v) is 11.3. The summed E-state index contributed by atoms with van der Waals surface area (Å²) in [6.45, 7) is 2.60. The Kier molecular flexibility index (Phi) is 7.68. The predicted octanol–water partition coefficient (Wildman–Crippen LogP) is 4.99. The molecular formula is C27H29ClN4O3S. The SMILES string of the molecule is CCS(=O)(=O)N(CCN(C)C)c1ccc(N/C(=C2\C(=O)Nc3cc(Cl)ccc32)c2ccccc2)cc1. The van der Waals surface area contributed by atoms with E-state index in [-0.39, 0.29) is 11.7 Å². The standard InChI is InChI=1S/C27H29ClN4O3S/c1-4-36(34,35)32(17-16-31(2)3)22-13-11-21(12-14-22)29-26(19-8-6-5-7-9-19)25-23-15-10-20(28)18-24(23)30-27(25)33/h5-15,18,29H,4,16-17H2,1-3H3,(H,30,33)/b26-25-. The molecule has 4 rings (SSSR count). The van der Waals surface area contributed by atoms with Crippen molar-refractivity contribution in [2.75, 3.05) is 47.9 Å². The zero-order valence-electron chi connectivity index (χ0n) is 20.5. The molecule has 1 aliphatic rings. The van der Waals surface area contributed by atoms with E-state index in [1.807, 2.05) is 67.5 Å². The van der Waals surface area contributed by atoms with Crippen molar-refractivity contribution in [3.05, 3.63) is 88.9 Å². The molecule has 0 radical (unpaired) electrons. The lowest BCUT2D eigenvalue weighted by molar-refractivity contribution is -0.110. The molecule has 3 aromatic rings. The summed E-state index contributed by atoms with van der Waals surface area (Å²) in [5, 5.41) is 6.84. The van der Waals surface area contributed by atoms with Gasteiger partial charge < -0.3 is 15.5 Å². The van der Waals surface area contributed by atoms with E-state index in [4.69, 9.17) is 11.6 Å². The highest BCUT2D eigenvalue weighted by molar-refractivity contribution is 7.92. The monoisotopic (exact) mass is 524 g/mol. The highest BCUT2D eigenvalue weighted by atomic mass is 35.5. The number of halogens is 1. The molecular weight excluding hydrogens is 496 g/mol. The Balaban J connectivity index is 1.72. The minimum Gasteiger partial charge on any atom is -0.354 e. The molecule has 188 valence electrons. The van der Waals surface area contributed by atoms with E-state index in [0.29, 0.717) is 40.8 Å². The van der Waals surface area contributed by atoms with E-state index in [9.17, 15) is 13.2 Å². The van der Waals surface area contributed by atoms with Gasteiger partial charge in [-0.3, -0.25) is 9.10 Å². The Morgan fingerprint density at radius 1 is 0.972 bits per heavy atom. The number of hydrogen-bond acceptors (Lipinski definition) is 5. The molecule has 3 aromatic carbocycles. The summed E-state index contributed by atoms with van der Waals surface area (Å²) < 4.78 is 26.9. The van der Waals surface area contributed by atoms with Gasteiger partial charge in [0.15, 0.2) is 0 Å². The lowest BCUT2D eigenvalue weighted by Gasteiger charge is -2.25. The first kappa shape index (κ1) is 25.8. The molecule has 0 saturated carbocycles. The molecule has 0 atom stereocenters. The van der Waals surface area contributed by atoms with Crippen molar-refractivity contribution in [3.8, 4) is 0 Å². The highest BCUT2D eigenvalue weighted by Crippen LogP contribution is 2.39. The zero-order chi connectivity index (χ0) is 25.9. The van der Waals surface area contributed by atoms with Crippen LogP contribution in [0.5, 0.6) is 0 Å². The van der Waals surface area contributed by atoms with E-state index in [1.165, 1.54) is 4.31 Å². The minimum atomic E-state index is -3.43. The summed E-state index contributed by atoms with van der Waals surface area (Å²) in [4.78, 5) is 15.0. The smallest absolute Gasteiger partial charge is 0.258 e. The molecule has 1 amide bonds. The zero-order valence-corrected chi connectivity index (χ0v) is 22.0. The molecule has 36 heavy (non-hydrogen) atoms. The van der Waals surface area contributed by atoms with Crippen LogP contribution in [0.3, 0.4) is 0 Å². The van der Waals surface area contributed by atoms with Crippen molar-refractivity contribution in [3.63, 3.8) is 0 Å². The lowest BCUT2D eigenvalue weighted by Crippen LogP contribution is -2.37. The second-order valence-electron chi connectivity index (χ2n) is 8.71. The molecule has 0 aromatic heterocycles. The average molecular weight is 525 g/mol. The van der Waals surface area contributed by atoms with Gasteiger partial charge >= 0.3 is 0 Å². The van der Waals surface area contributed by atoms with Gasteiger partial charge in [-0.2, -0.15) is 0 Å². The van der Waals surface area contributed by atoms with Crippen LogP contribution in [0.4, 0.5) is 17.1 Å². The molecule has 0 spiro atoms. The molecule has 0 aliphatic carbocycles. The first-order chi connectivity index (χ1) is 17.2. The summed E-state index contributed by atoms with van der Waals surface area (Å²) in [6, 6.07) is 22.1. The van der Waals surface area contributed by atoms with Gasteiger partial charge in [0.25, 0.3) is 5.91 Å². The molecule has 1 heterocycles. The van der Waals surface area contributed by atoms with E-state index >= 15 is 0 Å². The number of fused-ring (bicyclic) bond motifs is 1. The first-order valence-electron chi connectivity index (χ1n) is 11.6. The molecule has 7 nitrogen and oxygen atoms in total. The van der Waals surface area contributed by atoms with Crippen LogP contribution in [0.2, 0.25) is 5.02 Å². The average Bonchev–Trinajstić information content (AvgIpc) is 3.18. The lowest BCUT2D eigenvalue weighted by atomic mass is 10.00. The van der Waals surface area contributed by atoms with Crippen molar-refractivity contribution in [1.29, 1.82) is 0 Å². The number of likely N-dealkylation sites (N-methyl/N-ethyl adjacent to an activating group) is 1. The van der Waals surface area contributed by atoms with Crippen LogP contribution in [-0.4, -0.2) is 52.2 Å². The Morgan fingerprint density at radius 3 is 2.31 bits per heavy atom. The van der Waals surface area contributed by atoms with E-state index in [0.717, 1.165) is 16.8 Å². The van der Waals surface area contributed by atoms with Crippen molar-refractivity contribution in [1.82, 2.24) is 4.90 Å². The van der Waals surface area contributed by atoms with Crippen molar-refractivity contribution >= 4 is 55.9 Å². The summed E-state index contributed by atoms with van der Waals surface area (Å²) >= 11 is 6.14. The molecule has 0 unspecified atom stereocenters. The third kappa shape index (κ3) is 5.56. The van der Waals surface area contributed by atoms with Crippen LogP contribution in [-0.2, 0) is 14.8 Å². The number of carbonyl (C=O) groups is 1. The minimum absolute atomic E-state index is 0.0171. The van der Waals surface area contributed by atoms with Gasteiger partial charge in [-0.1, -0.05) is 48.0 Å². The fraction of sp³-hybridized carbons (Fsp3) is 0.222. The van der Waals surface area contributed by atoms with Gasteiger partial charge in [0.2, 0.25) is 10.0 Å². The van der Waals surface area contributed by atoms with Crippen molar-refractivity contribution in [2.45, 2.75) is 6.92 Å². The van der Waals surface area contributed by atoms with E-state index in [2.05, 4.69) is 10.6 Å². The van der Waals surface area contributed by atoms with Gasteiger partial charge in [0.1, 0.15) is 0 Å². The number of sulfonamides is 1. The second kappa shape index (κ2) is 10.7. The Hall–Kier alpha value is -3.33. The van der Waals surface area contributed by atoms with Gasteiger partial charge in [0.05, 0.1) is 28.4 Å². The molecule has 0 bridgehead atoms. The Labute approximate surface area is 217 Å². The fourth-order valence-electron chi connectivity index (χ4n) is 4.01. The summed E-state index contributed by atoms with van der Waals surface area (Å²) in [5.41, 5.74) is 4.74. The maximum atomic E-state index is 13.0. The van der Waals surface area contributed by atoms with Crippen LogP contribution in [0.1, 0.15) is 18.1 Å². The largest absolute Gasteiger partial charge is 0.354 e. The molecule has 9 heteroatoms. The number of carbonyl (C=O) groups excluding carboxylic acids is 1. The van der Waals surface area contributed by atoms with E-state index < -0.39 is 10.0 Å². The van der Waals surface area contributed by atoms with Crippen LogP contribution in [0.15, 0.2) is 72.8 Å². The van der Waals surface area contributed by atoms with Gasteiger partial charge in [-0.15, -0.1) is 0 Å². The summed E-state index contributed by atoms with van der Waals surface area (Å²) in [7, 11) is 0.389. The number of nitrogens with zero attached hydrogens (tertiary/aromatic N) is 2. The number of amides is 1. The number of benzene rings is 3. The normalized spacial score (nSPS) is 14.4. The fourth-order valence-corrected chi connectivity index (χ4v) is 5.29. The highest BCUT2D eigenvalue weighted by Gasteiger charge is 2.28. The Bertz CT molecular complexity index is 1390. The Morgan fingerprint density at radius 2 is 1.67 bits per heavy atom. The van der Waals surface area contributed by atoms with Crippen LogP contribution < -0.4 is 14.9 Å². The molecule has 2 N–H and O–H groups in total. The third-order valence-electron chi connectivity index (χ3n) is 5.91. The topological polar surface area (TPSA) is 81.8 Å². The summed E-state index contributed by atoms with van der Waals surface area (Å²) in [5.74, 6) is -0.206. The van der Waals surface area contributed by atoms with Crippen LogP contribution >= 0.6 is 11.6 Å². The summed E-state index contributed by atoms with van der Waals surface area (Å²) in [6.07, 6.45) is 0. The van der Waals surface area contributed by atoms with Crippen molar-refractivity contribution in [2.24, 2.45) is 0 Å². The first-order valence-corrected chi connectivity index (χ1v) is 13.6. The number of nitrogens with one attached hydrogen (secondary N) is 2. The van der Waals surface area contributed by atoms with Crippen molar-refractivity contribution < 1.29 is 13.2 Å². The van der Waals surface area contributed by atoms with Gasteiger partial charge in [0, 0.05) is 29.4 Å². The van der Waals surface area contributed by atoms with E-state index in [1.54, 1.807) is 31.2 Å². The third-order valence-corrected chi connectivity index (χ3v) is 7.94. The number of anilines is 3. The van der Waals surface area contributed by atoms with Gasteiger partial charge in [-0.05, 0) is 63.0 Å². The van der Waals surface area contributed by atoms with Crippen LogP contribution in [0.25, 0.3) is 11.3 Å². The maximum absolute atomic E-state index is 13.0. The molecule has 0 saturated heterocycles. The molecule has 1 aliphatic heterocycles.